The Morgan fingerprint density at radius 3 is 2.56 bits per heavy atom. The van der Waals surface area contributed by atoms with Gasteiger partial charge in [-0.1, -0.05) is 17.7 Å². The molecule has 2 aromatic rings. The highest BCUT2D eigenvalue weighted by Gasteiger charge is 2.15. The van der Waals surface area contributed by atoms with Crippen LogP contribution < -0.4 is 19.9 Å². The molecule has 0 unspecified atom stereocenters. The maximum atomic E-state index is 14.0. The number of carbonyl (C=O) groups is 1. The molecule has 0 atom stereocenters. The fraction of sp³-hybridized carbons (Fsp3) is 0.235. The van der Waals surface area contributed by atoms with E-state index < -0.39 is 11.8 Å². The molecule has 134 valence electrons. The van der Waals surface area contributed by atoms with E-state index in [0.29, 0.717) is 5.75 Å². The van der Waals surface area contributed by atoms with Crippen molar-refractivity contribution in [1.29, 1.82) is 0 Å². The summed E-state index contributed by atoms with van der Waals surface area (Å²) in [6.07, 6.45) is 0. The summed E-state index contributed by atoms with van der Waals surface area (Å²) in [6.45, 7) is -0.471. The molecule has 0 heterocycles. The van der Waals surface area contributed by atoms with Crippen molar-refractivity contribution in [2.45, 2.75) is 6.61 Å². The van der Waals surface area contributed by atoms with E-state index in [1.165, 1.54) is 38.5 Å². The number of ether oxygens (including phenoxy) is 4. The lowest BCUT2D eigenvalue weighted by Crippen LogP contribution is -2.13. The highest BCUT2D eigenvalue weighted by atomic mass is 35.5. The molecule has 0 saturated heterocycles. The van der Waals surface area contributed by atoms with Crippen LogP contribution in [0.25, 0.3) is 0 Å². The minimum atomic E-state index is -0.574. The molecule has 2 aromatic carbocycles. The van der Waals surface area contributed by atoms with Gasteiger partial charge in [-0.05, 0) is 12.1 Å². The molecular formula is C17H17ClFNO5. The van der Waals surface area contributed by atoms with Gasteiger partial charge in [-0.2, -0.15) is 0 Å². The van der Waals surface area contributed by atoms with Crippen molar-refractivity contribution in [2.75, 3.05) is 26.6 Å². The number of hydrogen-bond donors (Lipinski definition) is 1. The summed E-state index contributed by atoms with van der Waals surface area (Å²) in [4.78, 5) is 11.2. The predicted molar refractivity (Wildman–Crippen MR) is 90.7 cm³/mol. The molecule has 8 heteroatoms. The maximum absolute atomic E-state index is 14.0. The van der Waals surface area contributed by atoms with Gasteiger partial charge in [0.05, 0.1) is 30.5 Å². The predicted octanol–water partition coefficient (Wildman–Crippen LogP) is 3.20. The molecule has 0 bridgehead atoms. The van der Waals surface area contributed by atoms with Crippen LogP contribution in [0.1, 0.15) is 5.56 Å². The first-order valence-electron chi connectivity index (χ1n) is 7.19. The first-order valence-corrected chi connectivity index (χ1v) is 7.56. The zero-order valence-corrected chi connectivity index (χ0v) is 14.4. The topological polar surface area (TPSA) is 80.0 Å². The number of nitrogen functional groups attached to an aromatic ring is 1. The molecule has 0 saturated carbocycles. The molecule has 25 heavy (non-hydrogen) atoms. The molecule has 0 aliphatic carbocycles. The Morgan fingerprint density at radius 2 is 1.88 bits per heavy atom. The van der Waals surface area contributed by atoms with Crippen molar-refractivity contribution in [3.8, 4) is 17.2 Å². The van der Waals surface area contributed by atoms with Crippen molar-refractivity contribution in [1.82, 2.24) is 0 Å². The third-order valence-corrected chi connectivity index (χ3v) is 3.63. The number of benzene rings is 2. The Balaban J connectivity index is 2.23. The van der Waals surface area contributed by atoms with Crippen molar-refractivity contribution in [3.05, 3.63) is 46.7 Å². The van der Waals surface area contributed by atoms with Crippen LogP contribution in [0.3, 0.4) is 0 Å². The van der Waals surface area contributed by atoms with E-state index in [-0.39, 0.29) is 41.0 Å². The van der Waals surface area contributed by atoms with Gasteiger partial charge in [-0.25, -0.2) is 9.18 Å². The second-order valence-electron chi connectivity index (χ2n) is 4.89. The summed E-state index contributed by atoms with van der Waals surface area (Å²) in [5, 5.41) is 0.232. The first-order chi connectivity index (χ1) is 12.0. The van der Waals surface area contributed by atoms with Crippen LogP contribution in [0.4, 0.5) is 10.1 Å². The van der Waals surface area contributed by atoms with E-state index in [0.717, 1.165) is 0 Å². The number of halogens is 2. The summed E-state index contributed by atoms with van der Waals surface area (Å²) in [5.74, 6) is -0.317. The van der Waals surface area contributed by atoms with Crippen LogP contribution in [0.5, 0.6) is 17.2 Å². The van der Waals surface area contributed by atoms with Gasteiger partial charge in [-0.3, -0.25) is 0 Å². The Kier molecular flexibility index (Phi) is 6.30. The zero-order valence-electron chi connectivity index (χ0n) is 13.7. The average molecular weight is 370 g/mol. The quantitative estimate of drug-likeness (QED) is 0.596. The number of nitrogens with two attached hydrogens (primary N) is 1. The molecule has 0 aliphatic heterocycles. The SMILES string of the molecule is COC(=O)COc1cc(Cl)c(N)cc1OCc1c(F)cccc1OC. The lowest BCUT2D eigenvalue weighted by molar-refractivity contribution is -0.142. The number of esters is 1. The minimum Gasteiger partial charge on any atom is -0.496 e. The molecule has 0 amide bonds. The summed E-state index contributed by atoms with van der Waals surface area (Å²) >= 11 is 5.97. The van der Waals surface area contributed by atoms with Gasteiger partial charge < -0.3 is 24.7 Å². The highest BCUT2D eigenvalue weighted by molar-refractivity contribution is 6.33. The van der Waals surface area contributed by atoms with Crippen LogP contribution in [-0.4, -0.2) is 26.8 Å². The third-order valence-electron chi connectivity index (χ3n) is 3.30. The van der Waals surface area contributed by atoms with Crippen molar-refractivity contribution >= 4 is 23.3 Å². The van der Waals surface area contributed by atoms with E-state index >= 15 is 0 Å². The van der Waals surface area contributed by atoms with Crippen molar-refractivity contribution in [3.63, 3.8) is 0 Å². The number of methoxy groups -OCH3 is 2. The van der Waals surface area contributed by atoms with Gasteiger partial charge in [0.25, 0.3) is 0 Å². The van der Waals surface area contributed by atoms with Gasteiger partial charge in [-0.15, -0.1) is 0 Å². The second kappa shape index (κ2) is 8.43. The molecule has 0 spiro atoms. The second-order valence-corrected chi connectivity index (χ2v) is 5.30. The number of hydrogen-bond acceptors (Lipinski definition) is 6. The van der Waals surface area contributed by atoms with E-state index in [9.17, 15) is 9.18 Å². The van der Waals surface area contributed by atoms with E-state index in [4.69, 9.17) is 31.5 Å². The first kappa shape index (κ1) is 18.7. The van der Waals surface area contributed by atoms with Crippen LogP contribution in [-0.2, 0) is 16.1 Å². The van der Waals surface area contributed by atoms with E-state index in [1.807, 2.05) is 0 Å². The molecule has 6 nitrogen and oxygen atoms in total. The fourth-order valence-electron chi connectivity index (χ4n) is 1.99. The number of carbonyl (C=O) groups excluding carboxylic acids is 1. The van der Waals surface area contributed by atoms with Crippen LogP contribution in [0.2, 0.25) is 5.02 Å². The smallest absolute Gasteiger partial charge is 0.343 e. The molecule has 0 aromatic heterocycles. The lowest BCUT2D eigenvalue weighted by atomic mass is 10.2. The highest BCUT2D eigenvalue weighted by Crippen LogP contribution is 2.36. The molecule has 2 rings (SSSR count). The number of anilines is 1. The fourth-order valence-corrected chi connectivity index (χ4v) is 2.15. The summed E-state index contributed by atoms with van der Waals surface area (Å²) in [6, 6.07) is 7.29. The third kappa shape index (κ3) is 4.67. The van der Waals surface area contributed by atoms with Gasteiger partial charge in [0.2, 0.25) is 0 Å². The van der Waals surface area contributed by atoms with Crippen LogP contribution in [0.15, 0.2) is 30.3 Å². The molecule has 2 N–H and O–H groups in total. The van der Waals surface area contributed by atoms with Gasteiger partial charge in [0.1, 0.15) is 18.2 Å². The van der Waals surface area contributed by atoms with Crippen LogP contribution >= 0.6 is 11.6 Å². The molecule has 0 fully saturated rings. The largest absolute Gasteiger partial charge is 0.496 e. The summed E-state index contributed by atoms with van der Waals surface area (Å²) in [7, 11) is 2.67. The zero-order chi connectivity index (χ0) is 18.4. The average Bonchev–Trinajstić information content (AvgIpc) is 2.61. The number of rotatable bonds is 7. The molecule has 0 aliphatic rings. The van der Waals surface area contributed by atoms with E-state index in [1.54, 1.807) is 6.07 Å². The van der Waals surface area contributed by atoms with E-state index in [2.05, 4.69) is 4.74 Å². The summed E-state index contributed by atoms with van der Waals surface area (Å²) < 4.78 is 34.6. The molecular weight excluding hydrogens is 353 g/mol. The monoisotopic (exact) mass is 369 g/mol. The normalized spacial score (nSPS) is 10.2. The molecule has 0 radical (unpaired) electrons. The van der Waals surface area contributed by atoms with Gasteiger partial charge >= 0.3 is 5.97 Å². The van der Waals surface area contributed by atoms with Crippen molar-refractivity contribution < 1.29 is 28.1 Å². The Labute approximate surface area is 149 Å². The lowest BCUT2D eigenvalue weighted by Gasteiger charge is -2.15. The maximum Gasteiger partial charge on any atom is 0.343 e. The Hall–Kier alpha value is -2.67. The van der Waals surface area contributed by atoms with Crippen LogP contribution in [0, 0.1) is 5.82 Å². The van der Waals surface area contributed by atoms with Crippen molar-refractivity contribution in [2.24, 2.45) is 0 Å². The minimum absolute atomic E-state index is 0.133. The summed E-state index contributed by atoms with van der Waals surface area (Å²) in [5.41, 5.74) is 6.25. The Bertz CT molecular complexity index is 769. The van der Waals surface area contributed by atoms with Gasteiger partial charge in [0.15, 0.2) is 18.1 Å². The standard InChI is InChI=1S/C17H17ClFNO5/c1-22-14-5-3-4-12(19)10(14)8-24-16-7-13(20)11(18)6-15(16)25-9-17(21)23-2/h3-7H,8-9,20H2,1-2H3. The Morgan fingerprint density at radius 1 is 1.16 bits per heavy atom. The van der Waals surface area contributed by atoms with Gasteiger partial charge in [0, 0.05) is 12.1 Å².